The van der Waals surface area contributed by atoms with E-state index in [1.807, 2.05) is 6.92 Å². The quantitative estimate of drug-likeness (QED) is 0.932. The first kappa shape index (κ1) is 14.9. The Hall–Kier alpha value is -1.55. The summed E-state index contributed by atoms with van der Waals surface area (Å²) in [6.07, 6.45) is 1.69. The average molecular weight is 296 g/mol. The minimum Gasteiger partial charge on any atom is -0.481 e. The third-order valence-electron chi connectivity index (χ3n) is 3.86. The van der Waals surface area contributed by atoms with Crippen LogP contribution in [-0.2, 0) is 4.79 Å². The molecule has 20 heavy (non-hydrogen) atoms. The maximum absolute atomic E-state index is 12.5. The lowest BCUT2D eigenvalue weighted by Crippen LogP contribution is -2.39. The van der Waals surface area contributed by atoms with Crippen LogP contribution in [0.15, 0.2) is 18.2 Å². The number of amides is 1. The van der Waals surface area contributed by atoms with Gasteiger partial charge in [-0.3, -0.25) is 9.59 Å². The molecule has 2 rings (SSSR count). The van der Waals surface area contributed by atoms with Crippen LogP contribution in [0.5, 0.6) is 0 Å². The van der Waals surface area contributed by atoms with Crippen LogP contribution in [0.4, 0.5) is 0 Å². The first-order chi connectivity index (χ1) is 9.49. The molecule has 4 nitrogen and oxygen atoms in total. The molecule has 0 atom stereocenters. The number of carbonyl (C=O) groups excluding carboxylic acids is 1. The number of hydrogen-bond donors (Lipinski definition) is 1. The van der Waals surface area contributed by atoms with Gasteiger partial charge < -0.3 is 10.0 Å². The van der Waals surface area contributed by atoms with Gasteiger partial charge in [0.1, 0.15) is 0 Å². The summed E-state index contributed by atoms with van der Waals surface area (Å²) >= 11 is 6.04. The van der Waals surface area contributed by atoms with E-state index >= 15 is 0 Å². The second kappa shape index (κ2) is 6.27. The normalized spacial score (nSPS) is 16.2. The molecule has 5 heteroatoms. The monoisotopic (exact) mass is 295 g/mol. The summed E-state index contributed by atoms with van der Waals surface area (Å²) in [6, 6.07) is 5.33. The molecule has 1 saturated heterocycles. The van der Waals surface area contributed by atoms with Crippen molar-refractivity contribution in [1.82, 2.24) is 4.90 Å². The fourth-order valence-electron chi connectivity index (χ4n) is 2.60. The molecule has 0 saturated carbocycles. The lowest BCUT2D eigenvalue weighted by atomic mass is 9.93. The number of likely N-dealkylation sites (tertiary alicyclic amines) is 1. The van der Waals surface area contributed by atoms with Gasteiger partial charge in [-0.05, 0) is 43.4 Å². The molecule has 0 unspecified atom stereocenters. The molecule has 1 heterocycles. The van der Waals surface area contributed by atoms with Crippen LogP contribution >= 0.6 is 11.6 Å². The summed E-state index contributed by atoms with van der Waals surface area (Å²) in [6.45, 7) is 3.07. The number of carboxylic acids is 1. The van der Waals surface area contributed by atoms with E-state index < -0.39 is 5.97 Å². The van der Waals surface area contributed by atoms with E-state index in [0.717, 1.165) is 18.4 Å². The number of benzene rings is 1. The van der Waals surface area contributed by atoms with E-state index in [4.69, 9.17) is 16.7 Å². The molecular formula is C15H18ClNO3. The molecule has 1 amide bonds. The number of aliphatic carboxylic acids is 1. The highest BCUT2D eigenvalue weighted by Gasteiger charge is 2.25. The van der Waals surface area contributed by atoms with Gasteiger partial charge in [-0.2, -0.15) is 0 Å². The predicted molar refractivity (Wildman–Crippen MR) is 77.1 cm³/mol. The summed E-state index contributed by atoms with van der Waals surface area (Å²) in [5.74, 6) is -0.601. The third-order valence-corrected chi connectivity index (χ3v) is 4.27. The van der Waals surface area contributed by atoms with Gasteiger partial charge in [-0.1, -0.05) is 17.7 Å². The fourth-order valence-corrected chi connectivity index (χ4v) is 2.77. The number of halogens is 1. The molecule has 1 N–H and O–H groups in total. The number of carboxylic acid groups (broad SMARTS) is 1. The summed E-state index contributed by atoms with van der Waals surface area (Å²) in [5, 5.41) is 9.38. The Balaban J connectivity index is 2.02. The smallest absolute Gasteiger partial charge is 0.303 e. The Kier molecular flexibility index (Phi) is 4.65. The SMILES string of the molecule is Cc1c(Cl)cccc1C(=O)N1CCC(CC(=O)O)CC1. The molecule has 0 bridgehead atoms. The van der Waals surface area contributed by atoms with Crippen LogP contribution in [0.1, 0.15) is 35.2 Å². The molecule has 1 aromatic carbocycles. The van der Waals surface area contributed by atoms with Gasteiger partial charge in [0.25, 0.3) is 5.91 Å². The zero-order valence-corrected chi connectivity index (χ0v) is 12.2. The van der Waals surface area contributed by atoms with E-state index in [9.17, 15) is 9.59 Å². The van der Waals surface area contributed by atoms with Crippen molar-refractivity contribution in [3.63, 3.8) is 0 Å². The van der Waals surface area contributed by atoms with Gasteiger partial charge >= 0.3 is 5.97 Å². The number of hydrogen-bond acceptors (Lipinski definition) is 2. The second-order valence-electron chi connectivity index (χ2n) is 5.25. The minimum atomic E-state index is -0.763. The van der Waals surface area contributed by atoms with Gasteiger partial charge in [0.05, 0.1) is 0 Å². The van der Waals surface area contributed by atoms with E-state index in [0.29, 0.717) is 23.7 Å². The van der Waals surface area contributed by atoms with Crippen molar-refractivity contribution < 1.29 is 14.7 Å². The van der Waals surface area contributed by atoms with E-state index in [1.165, 1.54) is 0 Å². The number of rotatable bonds is 3. The first-order valence-corrected chi connectivity index (χ1v) is 7.13. The summed E-state index contributed by atoms with van der Waals surface area (Å²) in [4.78, 5) is 24.9. The molecule has 1 fully saturated rings. The molecule has 0 radical (unpaired) electrons. The van der Waals surface area contributed by atoms with E-state index in [2.05, 4.69) is 0 Å². The Bertz CT molecular complexity index is 522. The minimum absolute atomic E-state index is 0.0150. The Labute approximate surface area is 123 Å². The summed E-state index contributed by atoms with van der Waals surface area (Å²) in [7, 11) is 0. The maximum atomic E-state index is 12.5. The van der Waals surface area contributed by atoms with Crippen LogP contribution in [0.3, 0.4) is 0 Å². The third kappa shape index (κ3) is 3.31. The first-order valence-electron chi connectivity index (χ1n) is 6.75. The van der Waals surface area contributed by atoms with Crippen LogP contribution in [0, 0.1) is 12.8 Å². The van der Waals surface area contributed by atoms with Gasteiger partial charge in [0.2, 0.25) is 0 Å². The molecule has 0 aromatic heterocycles. The van der Waals surface area contributed by atoms with Gasteiger partial charge in [0.15, 0.2) is 0 Å². The molecular weight excluding hydrogens is 278 g/mol. The van der Waals surface area contributed by atoms with Crippen LogP contribution in [-0.4, -0.2) is 35.0 Å². The van der Waals surface area contributed by atoms with Gasteiger partial charge in [0, 0.05) is 30.1 Å². The van der Waals surface area contributed by atoms with Crippen LogP contribution < -0.4 is 0 Å². The van der Waals surface area contributed by atoms with Gasteiger partial charge in [-0.25, -0.2) is 0 Å². The van der Waals surface area contributed by atoms with Crippen LogP contribution in [0.2, 0.25) is 5.02 Å². The Morgan fingerprint density at radius 1 is 1.35 bits per heavy atom. The lowest BCUT2D eigenvalue weighted by Gasteiger charge is -2.31. The molecule has 1 aliphatic heterocycles. The van der Waals surface area contributed by atoms with Crippen molar-refractivity contribution in [2.75, 3.05) is 13.1 Å². The number of nitrogens with zero attached hydrogens (tertiary/aromatic N) is 1. The molecule has 0 spiro atoms. The van der Waals surface area contributed by atoms with Crippen molar-refractivity contribution in [2.45, 2.75) is 26.2 Å². The predicted octanol–water partition coefficient (Wildman–Crippen LogP) is 2.98. The topological polar surface area (TPSA) is 57.6 Å². The highest BCUT2D eigenvalue weighted by molar-refractivity contribution is 6.31. The molecule has 1 aromatic rings. The number of piperidine rings is 1. The maximum Gasteiger partial charge on any atom is 0.303 e. The second-order valence-corrected chi connectivity index (χ2v) is 5.65. The lowest BCUT2D eigenvalue weighted by molar-refractivity contribution is -0.138. The zero-order chi connectivity index (χ0) is 14.7. The van der Waals surface area contributed by atoms with Crippen molar-refractivity contribution in [1.29, 1.82) is 0 Å². The Morgan fingerprint density at radius 2 is 2.00 bits per heavy atom. The largest absolute Gasteiger partial charge is 0.481 e. The zero-order valence-electron chi connectivity index (χ0n) is 11.4. The fraction of sp³-hybridized carbons (Fsp3) is 0.467. The van der Waals surface area contributed by atoms with Crippen LogP contribution in [0.25, 0.3) is 0 Å². The van der Waals surface area contributed by atoms with Crippen molar-refractivity contribution in [2.24, 2.45) is 5.92 Å². The standard InChI is InChI=1S/C15H18ClNO3/c1-10-12(3-2-4-13(10)16)15(20)17-7-5-11(6-8-17)9-14(18)19/h2-4,11H,5-9H2,1H3,(H,18,19). The van der Waals surface area contributed by atoms with Crippen molar-refractivity contribution >= 4 is 23.5 Å². The summed E-state index contributed by atoms with van der Waals surface area (Å²) < 4.78 is 0. The summed E-state index contributed by atoms with van der Waals surface area (Å²) in [5.41, 5.74) is 1.43. The number of carbonyl (C=O) groups is 2. The molecule has 108 valence electrons. The van der Waals surface area contributed by atoms with E-state index in [1.54, 1.807) is 23.1 Å². The van der Waals surface area contributed by atoms with Gasteiger partial charge in [-0.15, -0.1) is 0 Å². The molecule has 1 aliphatic rings. The van der Waals surface area contributed by atoms with E-state index in [-0.39, 0.29) is 18.2 Å². The Morgan fingerprint density at radius 3 is 2.60 bits per heavy atom. The average Bonchev–Trinajstić information content (AvgIpc) is 2.41. The van der Waals surface area contributed by atoms with Crippen molar-refractivity contribution in [3.05, 3.63) is 34.3 Å². The highest BCUT2D eigenvalue weighted by atomic mass is 35.5. The van der Waals surface area contributed by atoms with Crippen molar-refractivity contribution in [3.8, 4) is 0 Å². The molecule has 0 aliphatic carbocycles. The highest BCUT2D eigenvalue weighted by Crippen LogP contribution is 2.24.